The van der Waals surface area contributed by atoms with Crippen molar-refractivity contribution in [2.24, 2.45) is 11.1 Å². The summed E-state index contributed by atoms with van der Waals surface area (Å²) in [5, 5.41) is 21.2. The molecule has 1 fully saturated rings. The number of nitrogens with two attached hydrogens (primary N) is 1. The minimum absolute atomic E-state index is 0.00561. The van der Waals surface area contributed by atoms with E-state index in [2.05, 4.69) is 11.6 Å². The van der Waals surface area contributed by atoms with Crippen LogP contribution in [0.2, 0.25) is 0 Å². The van der Waals surface area contributed by atoms with Gasteiger partial charge >= 0.3 is 5.97 Å². The zero-order valence-electron chi connectivity index (χ0n) is 23.1. The van der Waals surface area contributed by atoms with Gasteiger partial charge in [-0.3, -0.25) is 0 Å². The van der Waals surface area contributed by atoms with Crippen LogP contribution in [0, 0.1) is 5.92 Å². The second-order valence-electron chi connectivity index (χ2n) is 10.2. The highest BCUT2D eigenvalue weighted by Crippen LogP contribution is 2.51. The molecule has 2 aromatic carbocycles. The summed E-state index contributed by atoms with van der Waals surface area (Å²) in [7, 11) is -3.91. The molecule has 12 heteroatoms. The van der Waals surface area contributed by atoms with Crippen molar-refractivity contribution in [1.29, 1.82) is 0 Å². The van der Waals surface area contributed by atoms with Gasteiger partial charge in [-0.15, -0.1) is 11.3 Å². The molecule has 1 saturated carbocycles. The number of halogens is 2. The van der Waals surface area contributed by atoms with Crippen LogP contribution in [0.5, 0.6) is 0 Å². The summed E-state index contributed by atoms with van der Waals surface area (Å²) in [6, 6.07) is 15.7. The number of aromatic nitrogens is 3. The lowest BCUT2D eigenvalue weighted by Crippen LogP contribution is -2.12. The van der Waals surface area contributed by atoms with E-state index in [9.17, 15) is 27.1 Å². The maximum Gasteiger partial charge on any atom is 0.355 e. The van der Waals surface area contributed by atoms with E-state index < -0.39 is 27.8 Å². The molecule has 0 radical (unpaired) electrons. The quantitative estimate of drug-likeness (QED) is 0.194. The molecule has 1 atom stereocenters. The van der Waals surface area contributed by atoms with Crippen LogP contribution in [-0.4, -0.2) is 40.2 Å². The third kappa shape index (κ3) is 6.56. The van der Waals surface area contributed by atoms with Crippen molar-refractivity contribution in [3.05, 3.63) is 119 Å². The molecular formula is C31H28F2N4O4S2. The van der Waals surface area contributed by atoms with E-state index in [1.54, 1.807) is 18.2 Å². The Balaban J connectivity index is 1.72. The molecule has 4 aromatic rings. The summed E-state index contributed by atoms with van der Waals surface area (Å²) < 4.78 is 53.4. The van der Waals surface area contributed by atoms with Crippen molar-refractivity contribution in [1.82, 2.24) is 14.8 Å². The number of primary sulfonamides is 1. The minimum atomic E-state index is -3.91. The normalized spacial score (nSPS) is 16.7. The fourth-order valence-electron chi connectivity index (χ4n) is 4.82. The number of benzene rings is 2. The van der Waals surface area contributed by atoms with E-state index in [1.807, 2.05) is 49.4 Å². The van der Waals surface area contributed by atoms with E-state index in [4.69, 9.17) is 10.2 Å². The molecular weight excluding hydrogens is 594 g/mol. The Morgan fingerprint density at radius 2 is 1.86 bits per heavy atom. The molecule has 0 aliphatic heterocycles. The topological polar surface area (TPSA) is 128 Å². The summed E-state index contributed by atoms with van der Waals surface area (Å²) in [5.41, 5.74) is 4.50. The lowest BCUT2D eigenvalue weighted by Gasteiger charge is -2.12. The summed E-state index contributed by atoms with van der Waals surface area (Å²) in [5.74, 6) is -4.88. The SMILES string of the molecule is C=C/C(=C\C(=C/C)c1ccccc1)c1c(Cc2ccc(S(N)(=O)=O)cc2)c(CC2CC2(F)F)nn1-c1nc(C(=O)O)cs1. The number of hydrogen-bond donors (Lipinski definition) is 2. The van der Waals surface area contributed by atoms with Crippen LogP contribution in [0.3, 0.4) is 0 Å². The van der Waals surface area contributed by atoms with Gasteiger partial charge in [-0.2, -0.15) is 5.10 Å². The van der Waals surface area contributed by atoms with Gasteiger partial charge in [-0.05, 0) is 41.8 Å². The van der Waals surface area contributed by atoms with Crippen molar-refractivity contribution in [2.45, 2.75) is 37.0 Å². The van der Waals surface area contributed by atoms with Crippen LogP contribution in [0.1, 0.15) is 51.9 Å². The van der Waals surface area contributed by atoms with Crippen molar-refractivity contribution in [3.63, 3.8) is 0 Å². The number of thiazole rings is 1. The molecule has 1 aliphatic rings. The third-order valence-electron chi connectivity index (χ3n) is 7.21. The van der Waals surface area contributed by atoms with E-state index in [0.717, 1.165) is 22.5 Å². The van der Waals surface area contributed by atoms with E-state index >= 15 is 0 Å². The Labute approximate surface area is 251 Å². The summed E-state index contributed by atoms with van der Waals surface area (Å²) >= 11 is 1.07. The third-order valence-corrected chi connectivity index (χ3v) is 8.96. The van der Waals surface area contributed by atoms with Gasteiger partial charge in [0.05, 0.1) is 16.3 Å². The van der Waals surface area contributed by atoms with Crippen LogP contribution >= 0.6 is 11.3 Å². The molecule has 222 valence electrons. The first-order chi connectivity index (χ1) is 20.4. The molecule has 0 spiro atoms. The lowest BCUT2D eigenvalue weighted by molar-refractivity contribution is 0.0691. The lowest BCUT2D eigenvalue weighted by atomic mass is 9.94. The molecule has 43 heavy (non-hydrogen) atoms. The van der Waals surface area contributed by atoms with Gasteiger partial charge in [0.2, 0.25) is 15.2 Å². The smallest absolute Gasteiger partial charge is 0.355 e. The summed E-state index contributed by atoms with van der Waals surface area (Å²) in [6.07, 6.45) is 5.43. The Bertz CT molecular complexity index is 1860. The average molecular weight is 623 g/mol. The summed E-state index contributed by atoms with van der Waals surface area (Å²) in [6.45, 7) is 5.92. The molecule has 0 saturated heterocycles. The van der Waals surface area contributed by atoms with E-state index in [-0.39, 0.29) is 35.0 Å². The molecule has 0 amide bonds. The van der Waals surface area contributed by atoms with E-state index in [0.29, 0.717) is 28.1 Å². The Morgan fingerprint density at radius 3 is 2.40 bits per heavy atom. The van der Waals surface area contributed by atoms with Crippen LogP contribution in [-0.2, 0) is 22.9 Å². The van der Waals surface area contributed by atoms with Crippen LogP contribution < -0.4 is 5.14 Å². The van der Waals surface area contributed by atoms with Gasteiger partial charge < -0.3 is 5.11 Å². The van der Waals surface area contributed by atoms with Crippen LogP contribution in [0.15, 0.2) is 89.7 Å². The second-order valence-corrected chi connectivity index (χ2v) is 12.5. The number of carbonyl (C=O) groups is 1. The van der Waals surface area contributed by atoms with Gasteiger partial charge in [0, 0.05) is 41.7 Å². The highest BCUT2D eigenvalue weighted by atomic mass is 32.2. The van der Waals surface area contributed by atoms with Crippen molar-refractivity contribution >= 4 is 38.5 Å². The van der Waals surface area contributed by atoms with Gasteiger partial charge in [0.25, 0.3) is 5.92 Å². The largest absolute Gasteiger partial charge is 0.476 e. The molecule has 2 aromatic heterocycles. The number of allylic oxidation sites excluding steroid dienone is 5. The molecule has 1 aliphatic carbocycles. The molecule has 8 nitrogen and oxygen atoms in total. The first-order valence-corrected chi connectivity index (χ1v) is 15.7. The van der Waals surface area contributed by atoms with Crippen LogP contribution in [0.4, 0.5) is 8.78 Å². The number of nitrogens with zero attached hydrogens (tertiary/aromatic N) is 3. The number of alkyl halides is 2. The molecule has 0 bridgehead atoms. The molecule has 3 N–H and O–H groups in total. The van der Waals surface area contributed by atoms with Crippen molar-refractivity contribution in [3.8, 4) is 5.13 Å². The number of aromatic carboxylic acids is 1. The standard InChI is InChI=1S/C31H28F2N4O4S2/c1-3-20(22-8-6-5-7-9-22)15-21(4-2)28-25(14-19-10-12-24(13-11-19)43(34,40)41)26(16-23-17-31(23,32)33)36-37(28)30-35-27(18-42-30)29(38)39/h3-13,15,18,23H,2,14,16-17H2,1H3,(H,38,39)(H2,34,40,41)/b20-3+,21-15+. The molecule has 1 unspecified atom stereocenters. The Kier molecular flexibility index (Phi) is 8.28. The molecule has 2 heterocycles. The highest BCUT2D eigenvalue weighted by molar-refractivity contribution is 7.89. The maximum atomic E-state index is 14.1. The summed E-state index contributed by atoms with van der Waals surface area (Å²) in [4.78, 5) is 15.8. The predicted molar refractivity (Wildman–Crippen MR) is 162 cm³/mol. The number of hydrogen-bond acceptors (Lipinski definition) is 6. The first kappa shape index (κ1) is 30.2. The van der Waals surface area contributed by atoms with Gasteiger partial charge in [0.1, 0.15) is 0 Å². The zero-order chi connectivity index (χ0) is 30.9. The zero-order valence-corrected chi connectivity index (χ0v) is 24.7. The van der Waals surface area contributed by atoms with Gasteiger partial charge in [-0.25, -0.2) is 36.8 Å². The average Bonchev–Trinajstić information content (AvgIpc) is 3.29. The monoisotopic (exact) mass is 622 g/mol. The first-order valence-electron chi connectivity index (χ1n) is 13.3. The fraction of sp³-hybridized carbons (Fsp3) is 0.194. The van der Waals surface area contributed by atoms with Gasteiger partial charge in [0.15, 0.2) is 5.69 Å². The van der Waals surface area contributed by atoms with E-state index in [1.165, 1.54) is 22.2 Å². The van der Waals surface area contributed by atoms with Crippen LogP contribution in [0.25, 0.3) is 16.3 Å². The minimum Gasteiger partial charge on any atom is -0.476 e. The maximum absolute atomic E-state index is 14.1. The highest BCUT2D eigenvalue weighted by Gasteiger charge is 2.56. The number of sulfonamides is 1. The Morgan fingerprint density at radius 1 is 1.19 bits per heavy atom. The van der Waals surface area contributed by atoms with Crippen molar-refractivity contribution < 1.29 is 27.1 Å². The number of carboxylic acids is 1. The van der Waals surface area contributed by atoms with Gasteiger partial charge in [-0.1, -0.05) is 61.2 Å². The number of rotatable bonds is 11. The predicted octanol–water partition coefficient (Wildman–Crippen LogP) is 6.14. The Hall–Kier alpha value is -4.26. The second kappa shape index (κ2) is 11.8. The fourth-order valence-corrected chi connectivity index (χ4v) is 6.09. The number of carboxylic acid groups (broad SMARTS) is 1. The molecule has 5 rings (SSSR count). The van der Waals surface area contributed by atoms with Crippen molar-refractivity contribution in [2.75, 3.05) is 0 Å².